The quantitative estimate of drug-likeness (QED) is 0.703. The van der Waals surface area contributed by atoms with Gasteiger partial charge in [0.15, 0.2) is 5.69 Å². The van der Waals surface area contributed by atoms with E-state index in [0.717, 1.165) is 12.8 Å². The maximum Gasteiger partial charge on any atom is 0.287 e. The van der Waals surface area contributed by atoms with E-state index in [-0.39, 0.29) is 35.8 Å². The van der Waals surface area contributed by atoms with Crippen LogP contribution < -0.4 is 10.6 Å². The number of imidazole rings is 1. The highest BCUT2D eigenvalue weighted by molar-refractivity contribution is 6.02. The summed E-state index contributed by atoms with van der Waals surface area (Å²) in [4.78, 5) is 29.3. The van der Waals surface area contributed by atoms with Crippen LogP contribution in [0.2, 0.25) is 0 Å². The Hall–Kier alpha value is -3.22. The number of carbonyl (C=O) groups excluding carboxylic acids is 2. The number of pyridine rings is 1. The lowest BCUT2D eigenvalue weighted by atomic mass is 10.1. The molecule has 1 fully saturated rings. The van der Waals surface area contributed by atoms with Crippen molar-refractivity contribution in [2.45, 2.75) is 25.3 Å². The summed E-state index contributed by atoms with van der Waals surface area (Å²) in [6.45, 7) is 0.269. The maximum atomic E-state index is 13.7. The summed E-state index contributed by atoms with van der Waals surface area (Å²) in [5.41, 5.74) is 1.35. The Morgan fingerprint density at radius 2 is 1.89 bits per heavy atom. The van der Waals surface area contributed by atoms with Gasteiger partial charge in [-0.15, -0.1) is 0 Å². The number of halogens is 1. The van der Waals surface area contributed by atoms with Crippen LogP contribution in [-0.4, -0.2) is 33.8 Å². The average molecular weight is 366 g/mol. The Balaban J connectivity index is 1.51. The van der Waals surface area contributed by atoms with Gasteiger partial charge in [-0.2, -0.15) is 0 Å². The van der Waals surface area contributed by atoms with Gasteiger partial charge in [-0.3, -0.25) is 14.0 Å². The molecule has 0 saturated heterocycles. The van der Waals surface area contributed by atoms with Crippen LogP contribution in [-0.2, 0) is 6.42 Å². The van der Waals surface area contributed by atoms with Crippen LogP contribution >= 0.6 is 0 Å². The molecule has 0 atom stereocenters. The van der Waals surface area contributed by atoms with Crippen LogP contribution in [0.4, 0.5) is 4.39 Å². The van der Waals surface area contributed by atoms with Gasteiger partial charge in [-0.25, -0.2) is 9.37 Å². The number of nitrogens with zero attached hydrogens (tertiary/aromatic N) is 2. The molecule has 138 valence electrons. The molecule has 2 aromatic heterocycles. The van der Waals surface area contributed by atoms with Gasteiger partial charge in [-0.1, -0.05) is 24.3 Å². The minimum Gasteiger partial charge on any atom is -0.349 e. The molecular weight excluding hydrogens is 347 g/mol. The summed E-state index contributed by atoms with van der Waals surface area (Å²) >= 11 is 0. The number of fused-ring (bicyclic) bond motifs is 1. The third-order valence-corrected chi connectivity index (χ3v) is 4.52. The summed E-state index contributed by atoms with van der Waals surface area (Å²) in [6, 6.07) is 12.0. The molecule has 1 aliphatic rings. The molecule has 0 aliphatic heterocycles. The molecule has 0 spiro atoms. The molecule has 2 amide bonds. The number of rotatable bonds is 6. The van der Waals surface area contributed by atoms with E-state index < -0.39 is 5.91 Å². The first-order valence-electron chi connectivity index (χ1n) is 8.93. The van der Waals surface area contributed by atoms with Crippen molar-refractivity contribution in [1.29, 1.82) is 0 Å². The highest BCUT2D eigenvalue weighted by Gasteiger charge is 2.27. The van der Waals surface area contributed by atoms with E-state index in [1.165, 1.54) is 6.07 Å². The molecule has 27 heavy (non-hydrogen) atoms. The van der Waals surface area contributed by atoms with Crippen molar-refractivity contribution in [3.05, 3.63) is 71.6 Å². The zero-order chi connectivity index (χ0) is 18.8. The van der Waals surface area contributed by atoms with Crippen LogP contribution in [0.3, 0.4) is 0 Å². The van der Waals surface area contributed by atoms with Crippen molar-refractivity contribution in [2.24, 2.45) is 0 Å². The van der Waals surface area contributed by atoms with E-state index in [1.54, 1.807) is 47.0 Å². The Morgan fingerprint density at radius 3 is 2.67 bits per heavy atom. The van der Waals surface area contributed by atoms with Crippen LogP contribution in [0, 0.1) is 5.82 Å². The molecule has 1 aromatic carbocycles. The predicted octanol–water partition coefficient (Wildman–Crippen LogP) is 2.34. The Kier molecular flexibility index (Phi) is 4.58. The lowest BCUT2D eigenvalue weighted by Crippen LogP contribution is -2.28. The molecule has 7 heteroatoms. The summed E-state index contributed by atoms with van der Waals surface area (Å²) in [5.74, 6) is -0.832. The van der Waals surface area contributed by atoms with Gasteiger partial charge in [0.1, 0.15) is 5.82 Å². The van der Waals surface area contributed by atoms with Crippen molar-refractivity contribution in [3.63, 3.8) is 0 Å². The van der Waals surface area contributed by atoms with E-state index in [0.29, 0.717) is 17.5 Å². The molecule has 4 rings (SSSR count). The molecule has 1 saturated carbocycles. The highest BCUT2D eigenvalue weighted by atomic mass is 19.1. The SMILES string of the molecule is O=C(NC1CC1)c1nc(C(=O)NCCc2ccccc2F)n2ccccc12. The van der Waals surface area contributed by atoms with E-state index in [9.17, 15) is 14.0 Å². The molecule has 1 aliphatic carbocycles. The average Bonchev–Trinajstić information content (AvgIpc) is 3.40. The van der Waals surface area contributed by atoms with Gasteiger partial charge in [0.25, 0.3) is 11.8 Å². The van der Waals surface area contributed by atoms with E-state index in [1.807, 2.05) is 0 Å². The Morgan fingerprint density at radius 1 is 1.11 bits per heavy atom. The molecule has 0 radical (unpaired) electrons. The predicted molar refractivity (Wildman–Crippen MR) is 98.1 cm³/mol. The first kappa shape index (κ1) is 17.2. The first-order valence-corrected chi connectivity index (χ1v) is 8.93. The summed E-state index contributed by atoms with van der Waals surface area (Å²) < 4.78 is 15.3. The zero-order valence-electron chi connectivity index (χ0n) is 14.6. The van der Waals surface area contributed by atoms with Crippen LogP contribution in [0.15, 0.2) is 48.7 Å². The fourth-order valence-corrected chi connectivity index (χ4v) is 2.94. The van der Waals surface area contributed by atoms with Gasteiger partial charge in [0.05, 0.1) is 5.52 Å². The number of benzene rings is 1. The third kappa shape index (κ3) is 3.67. The molecule has 3 aromatic rings. The van der Waals surface area contributed by atoms with Crippen LogP contribution in [0.25, 0.3) is 5.52 Å². The van der Waals surface area contributed by atoms with E-state index >= 15 is 0 Å². The minimum absolute atomic E-state index is 0.139. The summed E-state index contributed by atoms with van der Waals surface area (Å²) in [7, 11) is 0. The molecule has 2 heterocycles. The minimum atomic E-state index is -0.405. The van der Waals surface area contributed by atoms with Crippen molar-refractivity contribution in [1.82, 2.24) is 20.0 Å². The molecule has 2 N–H and O–H groups in total. The molecule has 0 bridgehead atoms. The van der Waals surface area contributed by atoms with Crippen molar-refractivity contribution in [2.75, 3.05) is 6.54 Å². The number of aromatic nitrogens is 2. The zero-order valence-corrected chi connectivity index (χ0v) is 14.6. The number of amides is 2. The van der Waals surface area contributed by atoms with Crippen LogP contribution in [0.1, 0.15) is 39.5 Å². The fraction of sp³-hybridized carbons (Fsp3) is 0.250. The van der Waals surface area contributed by atoms with Gasteiger partial charge in [0.2, 0.25) is 5.82 Å². The molecular formula is C20H19FN4O2. The molecule has 0 unspecified atom stereocenters. The second-order valence-electron chi connectivity index (χ2n) is 6.58. The smallest absolute Gasteiger partial charge is 0.287 e. The monoisotopic (exact) mass is 366 g/mol. The van der Waals surface area contributed by atoms with Crippen LogP contribution in [0.5, 0.6) is 0 Å². The summed E-state index contributed by atoms with van der Waals surface area (Å²) in [5, 5.41) is 5.65. The summed E-state index contributed by atoms with van der Waals surface area (Å²) in [6.07, 6.45) is 4.01. The maximum absolute atomic E-state index is 13.7. The normalized spacial score (nSPS) is 13.5. The molecule has 6 nitrogen and oxygen atoms in total. The van der Waals surface area contributed by atoms with Gasteiger partial charge in [-0.05, 0) is 43.0 Å². The fourth-order valence-electron chi connectivity index (χ4n) is 2.94. The topological polar surface area (TPSA) is 75.5 Å². The van der Waals surface area contributed by atoms with E-state index in [2.05, 4.69) is 15.6 Å². The number of hydrogen-bond acceptors (Lipinski definition) is 3. The number of hydrogen-bond donors (Lipinski definition) is 2. The lowest BCUT2D eigenvalue weighted by molar-refractivity contribution is 0.0943. The van der Waals surface area contributed by atoms with Crippen molar-refractivity contribution >= 4 is 17.3 Å². The van der Waals surface area contributed by atoms with Crippen molar-refractivity contribution < 1.29 is 14.0 Å². The highest BCUT2D eigenvalue weighted by Crippen LogP contribution is 2.20. The van der Waals surface area contributed by atoms with Gasteiger partial charge in [0, 0.05) is 18.8 Å². The Labute approximate surface area is 155 Å². The number of carbonyl (C=O) groups is 2. The second-order valence-corrected chi connectivity index (χ2v) is 6.58. The number of nitrogens with one attached hydrogen (secondary N) is 2. The third-order valence-electron chi connectivity index (χ3n) is 4.52. The largest absolute Gasteiger partial charge is 0.349 e. The van der Waals surface area contributed by atoms with E-state index in [4.69, 9.17) is 0 Å². The Bertz CT molecular complexity index is 1010. The van der Waals surface area contributed by atoms with Crippen molar-refractivity contribution in [3.8, 4) is 0 Å². The second kappa shape index (κ2) is 7.19. The van der Waals surface area contributed by atoms with Gasteiger partial charge < -0.3 is 10.6 Å². The standard InChI is InChI=1S/C20H19FN4O2/c21-15-6-2-1-5-13(15)10-11-22-20(27)18-24-17(19(26)23-14-8-9-14)16-7-3-4-12-25(16)18/h1-7,12,14H,8-11H2,(H,22,27)(H,23,26). The van der Waals surface area contributed by atoms with Gasteiger partial charge >= 0.3 is 0 Å². The lowest BCUT2D eigenvalue weighted by Gasteiger charge is -2.05. The first-order chi connectivity index (χ1) is 13.1.